The Morgan fingerprint density at radius 1 is 1.31 bits per heavy atom. The van der Waals surface area contributed by atoms with Crippen LogP contribution in [0, 0.1) is 18.3 Å². The fourth-order valence-corrected chi connectivity index (χ4v) is 4.71. The van der Waals surface area contributed by atoms with Gasteiger partial charge in [-0.2, -0.15) is 5.26 Å². The van der Waals surface area contributed by atoms with Gasteiger partial charge in [0.15, 0.2) is 0 Å². The zero-order valence-electron chi connectivity index (χ0n) is 16.7. The third-order valence-electron chi connectivity index (χ3n) is 5.73. The van der Waals surface area contributed by atoms with E-state index in [0.717, 1.165) is 4.90 Å². The molecule has 2 unspecified atom stereocenters. The highest BCUT2D eigenvalue weighted by atomic mass is 35.5. The second-order valence-corrected chi connectivity index (χ2v) is 9.16. The number of fused-ring (bicyclic) bond motifs is 5. The fourth-order valence-electron chi connectivity index (χ4n) is 4.51. The van der Waals surface area contributed by atoms with E-state index in [0.29, 0.717) is 24.2 Å². The third-order valence-corrected chi connectivity index (χ3v) is 6.21. The number of nitrogens with zero attached hydrogens (tertiary/aromatic N) is 4. The molecule has 5 amide bonds. The first-order chi connectivity index (χ1) is 13.5. The molecule has 3 saturated heterocycles. The van der Waals surface area contributed by atoms with E-state index in [1.165, 1.54) is 6.07 Å². The summed E-state index contributed by atoms with van der Waals surface area (Å²) < 4.78 is 0. The van der Waals surface area contributed by atoms with Gasteiger partial charge in [0, 0.05) is 12.1 Å². The Morgan fingerprint density at radius 3 is 2.62 bits per heavy atom. The number of urea groups is 2. The molecular formula is C20H22ClN5O3. The molecule has 1 aromatic rings. The maximum atomic E-state index is 13.3. The number of anilines is 1. The number of halogens is 1. The van der Waals surface area contributed by atoms with Crippen LogP contribution in [0.5, 0.6) is 0 Å². The average molecular weight is 416 g/mol. The Bertz CT molecular complexity index is 980. The van der Waals surface area contributed by atoms with Crippen LogP contribution in [0.1, 0.15) is 38.3 Å². The quantitative estimate of drug-likeness (QED) is 0.713. The third kappa shape index (κ3) is 2.84. The van der Waals surface area contributed by atoms with Crippen LogP contribution < -0.4 is 10.2 Å². The van der Waals surface area contributed by atoms with E-state index in [4.69, 9.17) is 16.9 Å². The molecule has 3 fully saturated rings. The Balaban J connectivity index is 1.65. The van der Waals surface area contributed by atoms with E-state index in [9.17, 15) is 14.4 Å². The molecule has 2 bridgehead atoms. The monoisotopic (exact) mass is 415 g/mol. The van der Waals surface area contributed by atoms with Crippen LogP contribution >= 0.6 is 11.6 Å². The van der Waals surface area contributed by atoms with Crippen molar-refractivity contribution in [3.8, 4) is 6.07 Å². The molecular weight excluding hydrogens is 394 g/mol. The highest BCUT2D eigenvalue weighted by molar-refractivity contribution is 6.33. The normalized spacial score (nSPS) is 25.5. The maximum absolute atomic E-state index is 13.3. The number of likely N-dealkylation sites (tertiary alicyclic amines) is 1. The number of imide groups is 1. The predicted octanol–water partition coefficient (Wildman–Crippen LogP) is 2.62. The molecule has 3 heterocycles. The molecule has 3 aliphatic heterocycles. The van der Waals surface area contributed by atoms with Crippen molar-refractivity contribution in [2.45, 2.75) is 57.8 Å². The zero-order chi connectivity index (χ0) is 21.2. The predicted molar refractivity (Wildman–Crippen MR) is 107 cm³/mol. The molecule has 4 rings (SSSR count). The fraction of sp³-hybridized carbons (Fsp3) is 0.500. The molecule has 3 aliphatic rings. The zero-order valence-corrected chi connectivity index (χ0v) is 17.4. The molecule has 3 atom stereocenters. The topological polar surface area (TPSA) is 96.8 Å². The van der Waals surface area contributed by atoms with Gasteiger partial charge in [-0.1, -0.05) is 11.6 Å². The van der Waals surface area contributed by atoms with E-state index in [-0.39, 0.29) is 34.6 Å². The summed E-state index contributed by atoms with van der Waals surface area (Å²) in [5, 5.41) is 12.3. The van der Waals surface area contributed by atoms with Crippen LogP contribution in [0.3, 0.4) is 0 Å². The number of nitriles is 1. The highest BCUT2D eigenvalue weighted by Crippen LogP contribution is 2.43. The number of benzene rings is 1. The van der Waals surface area contributed by atoms with E-state index in [2.05, 4.69) is 5.32 Å². The number of amides is 5. The van der Waals surface area contributed by atoms with Crippen LogP contribution in [0.25, 0.3) is 0 Å². The van der Waals surface area contributed by atoms with Gasteiger partial charge in [-0.25, -0.2) is 14.5 Å². The highest BCUT2D eigenvalue weighted by Gasteiger charge is 2.63. The molecule has 29 heavy (non-hydrogen) atoms. The molecule has 0 saturated carbocycles. The minimum absolute atomic E-state index is 0.189. The van der Waals surface area contributed by atoms with Crippen molar-refractivity contribution in [1.82, 2.24) is 15.1 Å². The van der Waals surface area contributed by atoms with Crippen LogP contribution in [0.4, 0.5) is 15.3 Å². The lowest BCUT2D eigenvalue weighted by molar-refractivity contribution is -0.121. The Kier molecular flexibility index (Phi) is 4.28. The van der Waals surface area contributed by atoms with Crippen LogP contribution in [0.2, 0.25) is 5.02 Å². The first-order valence-corrected chi connectivity index (χ1v) is 9.87. The lowest BCUT2D eigenvalue weighted by Crippen LogP contribution is -2.59. The van der Waals surface area contributed by atoms with Gasteiger partial charge in [0.2, 0.25) is 0 Å². The summed E-state index contributed by atoms with van der Waals surface area (Å²) in [6, 6.07) is 3.23. The largest absolute Gasteiger partial charge is 0.333 e. The molecule has 1 N–H and O–H groups in total. The lowest BCUT2D eigenvalue weighted by atomic mass is 10.1. The van der Waals surface area contributed by atoms with Gasteiger partial charge in [0.1, 0.15) is 12.1 Å². The molecule has 8 nitrogen and oxygen atoms in total. The van der Waals surface area contributed by atoms with Crippen molar-refractivity contribution < 1.29 is 14.4 Å². The molecule has 0 aliphatic carbocycles. The summed E-state index contributed by atoms with van der Waals surface area (Å²) in [7, 11) is 0. The van der Waals surface area contributed by atoms with Gasteiger partial charge in [0.25, 0.3) is 5.91 Å². The van der Waals surface area contributed by atoms with Crippen LogP contribution in [0.15, 0.2) is 12.1 Å². The Labute approximate surface area is 174 Å². The van der Waals surface area contributed by atoms with E-state index in [1.54, 1.807) is 22.8 Å². The molecule has 0 radical (unpaired) electrons. The molecule has 0 aromatic heterocycles. The van der Waals surface area contributed by atoms with E-state index < -0.39 is 17.6 Å². The molecule has 152 valence electrons. The Morgan fingerprint density at radius 2 is 2.00 bits per heavy atom. The van der Waals surface area contributed by atoms with E-state index in [1.807, 2.05) is 26.8 Å². The van der Waals surface area contributed by atoms with Crippen LogP contribution in [-0.2, 0) is 4.79 Å². The number of nitrogens with one attached hydrogen (secondary N) is 1. The Hall–Kier alpha value is -2.79. The van der Waals surface area contributed by atoms with Crippen molar-refractivity contribution in [3.05, 3.63) is 28.3 Å². The van der Waals surface area contributed by atoms with Crippen LogP contribution in [-0.4, -0.2) is 58.0 Å². The second kappa shape index (κ2) is 6.36. The summed E-state index contributed by atoms with van der Waals surface area (Å²) in [6.45, 7) is 7.78. The van der Waals surface area contributed by atoms with Gasteiger partial charge in [-0.3, -0.25) is 4.79 Å². The van der Waals surface area contributed by atoms with Gasteiger partial charge in [-0.05, 0) is 51.8 Å². The maximum Gasteiger partial charge on any atom is 0.332 e. The first-order valence-electron chi connectivity index (χ1n) is 9.49. The summed E-state index contributed by atoms with van der Waals surface area (Å²) in [6.07, 6.45) is 0.598. The van der Waals surface area contributed by atoms with Crippen molar-refractivity contribution in [1.29, 1.82) is 5.26 Å². The number of hydrogen-bond donors (Lipinski definition) is 1. The molecule has 0 spiro atoms. The van der Waals surface area contributed by atoms with Gasteiger partial charge in [0.05, 0.1) is 28.4 Å². The van der Waals surface area contributed by atoms with Crippen molar-refractivity contribution in [2.75, 3.05) is 11.4 Å². The summed E-state index contributed by atoms with van der Waals surface area (Å²) in [5.74, 6) is -0.361. The standard InChI is InChI=1S/C20H22ClN5O3/c1-10-13(6-5-11(8-22)15(10)21)26-17(27)16-14-7-12(25(16)19(26)29)9-24(14)18(28)23-20(2,3)4/h5-6,12,14,16H,7,9H2,1-4H3,(H,23,28)/t12-,14?,16?/m1/s1. The van der Waals surface area contributed by atoms with Crippen molar-refractivity contribution >= 4 is 35.3 Å². The minimum Gasteiger partial charge on any atom is -0.333 e. The minimum atomic E-state index is -0.694. The number of carbonyl (C=O) groups is 3. The summed E-state index contributed by atoms with van der Waals surface area (Å²) >= 11 is 6.24. The first kappa shape index (κ1) is 19.5. The SMILES string of the molecule is Cc1c(N2C(=O)C3C4C[C@H](CN4C(=O)NC(C)(C)C)N3C2=O)ccc(C#N)c1Cl. The smallest absolute Gasteiger partial charge is 0.332 e. The number of hydrogen-bond acceptors (Lipinski definition) is 4. The number of rotatable bonds is 1. The lowest BCUT2D eigenvalue weighted by Gasteiger charge is -2.36. The van der Waals surface area contributed by atoms with Gasteiger partial charge < -0.3 is 15.1 Å². The second-order valence-electron chi connectivity index (χ2n) is 8.78. The van der Waals surface area contributed by atoms with Gasteiger partial charge in [-0.15, -0.1) is 0 Å². The van der Waals surface area contributed by atoms with Crippen molar-refractivity contribution in [3.63, 3.8) is 0 Å². The molecule has 9 heteroatoms. The molecule has 1 aromatic carbocycles. The average Bonchev–Trinajstić information content (AvgIpc) is 3.28. The summed E-state index contributed by atoms with van der Waals surface area (Å²) in [5.41, 5.74) is 0.778. The van der Waals surface area contributed by atoms with E-state index >= 15 is 0 Å². The van der Waals surface area contributed by atoms with Crippen molar-refractivity contribution in [2.24, 2.45) is 0 Å². The summed E-state index contributed by atoms with van der Waals surface area (Å²) in [4.78, 5) is 43.5. The number of carbonyl (C=O) groups excluding carboxylic acids is 3. The van der Waals surface area contributed by atoms with Gasteiger partial charge >= 0.3 is 12.1 Å². The number of piperazine rings is 1.